The molecule has 0 aliphatic carbocycles. The molecule has 0 rings (SSSR count). The maximum Gasteiger partial charge on any atom is 0.335 e. The molecule has 1 unspecified atom stereocenters. The fourth-order valence-corrected chi connectivity index (χ4v) is 0.466. The number of esters is 1. The fraction of sp³-hybridized carbons (Fsp3) is 0.500. The highest BCUT2D eigenvalue weighted by atomic mass is 16.6. The Hall–Kier alpha value is -1.41. The maximum absolute atomic E-state index is 11.0. The molecule has 0 aromatic rings. The number of aliphatic imine (C=N–C) groups is 1. The number of rotatable bonds is 3. The molecule has 12 heavy (non-hydrogen) atoms. The lowest BCUT2D eigenvalue weighted by atomic mass is 10.3. The van der Waals surface area contributed by atoms with Crippen LogP contribution in [0.15, 0.2) is 16.6 Å². The molecule has 0 saturated carbocycles. The maximum atomic E-state index is 11.0. The van der Waals surface area contributed by atoms with Gasteiger partial charge in [-0.1, -0.05) is 6.08 Å². The Labute approximate surface area is 70.9 Å². The van der Waals surface area contributed by atoms with Gasteiger partial charge >= 0.3 is 5.97 Å². The number of carbonyl (C=O) groups excluding carboxylic acids is 2. The van der Waals surface area contributed by atoms with Crippen LogP contribution in [-0.2, 0) is 14.3 Å². The predicted octanol–water partition coefficient (Wildman–Crippen LogP) is 1.18. The standard InChI is InChI=1S/C8H11NO3/c1-4-6(2)8(11)12-7(3)9-5-10/h4,7H,1-3H3. The van der Waals surface area contributed by atoms with Crippen LogP contribution in [0.1, 0.15) is 20.8 Å². The van der Waals surface area contributed by atoms with Crippen molar-refractivity contribution >= 4 is 12.0 Å². The Bertz CT molecular complexity index is 239. The smallest absolute Gasteiger partial charge is 0.335 e. The summed E-state index contributed by atoms with van der Waals surface area (Å²) in [5.74, 6) is -0.469. The Kier molecular flexibility index (Phi) is 4.65. The molecular formula is C8H11NO3. The minimum absolute atomic E-state index is 0.469. The van der Waals surface area contributed by atoms with Gasteiger partial charge in [0.15, 0.2) is 0 Å². The quantitative estimate of drug-likeness (QED) is 0.276. The number of hydrogen-bond donors (Lipinski definition) is 0. The van der Waals surface area contributed by atoms with E-state index in [4.69, 9.17) is 4.74 Å². The van der Waals surface area contributed by atoms with Gasteiger partial charge in [0.1, 0.15) is 0 Å². The van der Waals surface area contributed by atoms with E-state index in [0.717, 1.165) is 0 Å². The second-order valence-corrected chi connectivity index (χ2v) is 2.20. The van der Waals surface area contributed by atoms with Crippen molar-refractivity contribution in [2.24, 2.45) is 4.99 Å². The van der Waals surface area contributed by atoms with Crippen LogP contribution in [0.25, 0.3) is 0 Å². The second-order valence-electron chi connectivity index (χ2n) is 2.20. The summed E-state index contributed by atoms with van der Waals surface area (Å²) in [4.78, 5) is 23.9. The van der Waals surface area contributed by atoms with Crippen molar-refractivity contribution < 1.29 is 14.3 Å². The van der Waals surface area contributed by atoms with E-state index in [1.54, 1.807) is 19.9 Å². The molecule has 0 aliphatic rings. The van der Waals surface area contributed by atoms with Gasteiger partial charge in [0.2, 0.25) is 12.3 Å². The van der Waals surface area contributed by atoms with Crippen molar-refractivity contribution in [3.05, 3.63) is 11.6 Å². The van der Waals surface area contributed by atoms with Crippen molar-refractivity contribution in [3.63, 3.8) is 0 Å². The van der Waals surface area contributed by atoms with Crippen LogP contribution in [0.2, 0.25) is 0 Å². The van der Waals surface area contributed by atoms with Crippen LogP contribution in [0, 0.1) is 0 Å². The molecule has 0 N–H and O–H groups in total. The third-order valence-corrected chi connectivity index (χ3v) is 1.27. The van der Waals surface area contributed by atoms with Gasteiger partial charge in [0, 0.05) is 5.57 Å². The number of nitrogens with zero attached hydrogens (tertiary/aromatic N) is 1. The first kappa shape index (κ1) is 10.6. The van der Waals surface area contributed by atoms with Crippen LogP contribution >= 0.6 is 0 Å². The van der Waals surface area contributed by atoms with Crippen molar-refractivity contribution in [1.82, 2.24) is 0 Å². The van der Waals surface area contributed by atoms with Gasteiger partial charge in [-0.2, -0.15) is 4.99 Å². The first-order valence-electron chi connectivity index (χ1n) is 3.52. The van der Waals surface area contributed by atoms with E-state index in [0.29, 0.717) is 5.57 Å². The lowest BCUT2D eigenvalue weighted by Gasteiger charge is -2.05. The van der Waals surface area contributed by atoms with Crippen molar-refractivity contribution in [2.75, 3.05) is 0 Å². The first-order valence-corrected chi connectivity index (χ1v) is 3.52. The number of hydrogen-bond acceptors (Lipinski definition) is 4. The van der Waals surface area contributed by atoms with Crippen LogP contribution in [-0.4, -0.2) is 18.3 Å². The third kappa shape index (κ3) is 3.68. The molecule has 0 spiro atoms. The van der Waals surface area contributed by atoms with Gasteiger partial charge in [-0.05, 0) is 20.8 Å². The van der Waals surface area contributed by atoms with E-state index < -0.39 is 12.2 Å². The highest BCUT2D eigenvalue weighted by Gasteiger charge is 2.08. The molecule has 0 aromatic carbocycles. The van der Waals surface area contributed by atoms with Crippen molar-refractivity contribution in [3.8, 4) is 0 Å². The molecule has 4 heteroatoms. The van der Waals surface area contributed by atoms with Gasteiger partial charge < -0.3 is 4.74 Å². The minimum atomic E-state index is -0.759. The summed E-state index contributed by atoms with van der Waals surface area (Å²) < 4.78 is 4.71. The molecule has 1 atom stereocenters. The Balaban J connectivity index is 4.10. The molecule has 0 bridgehead atoms. The van der Waals surface area contributed by atoms with E-state index >= 15 is 0 Å². The summed E-state index contributed by atoms with van der Waals surface area (Å²) >= 11 is 0. The summed E-state index contributed by atoms with van der Waals surface area (Å²) in [6.07, 6.45) is 2.17. The van der Waals surface area contributed by atoms with E-state index in [2.05, 4.69) is 4.99 Å². The van der Waals surface area contributed by atoms with E-state index in [1.807, 2.05) is 0 Å². The van der Waals surface area contributed by atoms with Crippen LogP contribution in [0.5, 0.6) is 0 Å². The zero-order valence-electron chi connectivity index (χ0n) is 7.33. The van der Waals surface area contributed by atoms with Crippen LogP contribution < -0.4 is 0 Å². The molecular weight excluding hydrogens is 158 g/mol. The van der Waals surface area contributed by atoms with Gasteiger partial charge in [-0.3, -0.25) is 0 Å². The monoisotopic (exact) mass is 169 g/mol. The van der Waals surface area contributed by atoms with Gasteiger partial charge in [0.25, 0.3) is 0 Å². The summed E-state index contributed by atoms with van der Waals surface area (Å²) in [5, 5.41) is 0. The molecule has 0 saturated heterocycles. The zero-order valence-corrected chi connectivity index (χ0v) is 7.33. The average molecular weight is 169 g/mol. The fourth-order valence-electron chi connectivity index (χ4n) is 0.466. The molecule has 66 valence electrons. The number of carbonyl (C=O) groups is 1. The summed E-state index contributed by atoms with van der Waals surface area (Å²) in [5.41, 5.74) is 0.489. The predicted molar refractivity (Wildman–Crippen MR) is 43.1 cm³/mol. The van der Waals surface area contributed by atoms with Gasteiger partial charge in [-0.25, -0.2) is 9.59 Å². The van der Waals surface area contributed by atoms with Crippen LogP contribution in [0.3, 0.4) is 0 Å². The largest absolute Gasteiger partial charge is 0.436 e. The van der Waals surface area contributed by atoms with Gasteiger partial charge in [-0.15, -0.1) is 0 Å². The number of isocyanates is 1. The Morgan fingerprint density at radius 3 is 2.67 bits per heavy atom. The molecule has 0 fully saturated rings. The molecule has 4 nitrogen and oxygen atoms in total. The lowest BCUT2D eigenvalue weighted by Crippen LogP contribution is -2.13. The Morgan fingerprint density at radius 1 is 1.67 bits per heavy atom. The highest BCUT2D eigenvalue weighted by Crippen LogP contribution is 2.00. The molecule has 0 radical (unpaired) electrons. The second kappa shape index (κ2) is 5.27. The number of ether oxygens (including phenoxy) is 1. The van der Waals surface area contributed by atoms with Crippen molar-refractivity contribution in [2.45, 2.75) is 27.0 Å². The molecule has 0 amide bonds. The molecule has 0 aliphatic heterocycles. The average Bonchev–Trinajstić information content (AvgIpc) is 2.03. The summed E-state index contributed by atoms with van der Waals surface area (Å²) in [7, 11) is 0. The van der Waals surface area contributed by atoms with Gasteiger partial charge in [0.05, 0.1) is 0 Å². The zero-order chi connectivity index (χ0) is 9.56. The topological polar surface area (TPSA) is 55.7 Å². The normalized spacial score (nSPS) is 13.1. The summed E-state index contributed by atoms with van der Waals surface area (Å²) in [6, 6.07) is 0. The van der Waals surface area contributed by atoms with E-state index in [-0.39, 0.29) is 0 Å². The summed E-state index contributed by atoms with van der Waals surface area (Å²) in [6.45, 7) is 4.84. The van der Waals surface area contributed by atoms with Crippen LogP contribution in [0.4, 0.5) is 0 Å². The minimum Gasteiger partial charge on any atom is -0.436 e. The Morgan fingerprint density at radius 2 is 2.25 bits per heavy atom. The lowest BCUT2D eigenvalue weighted by molar-refractivity contribution is -0.142. The van der Waals surface area contributed by atoms with E-state index in [1.165, 1.54) is 13.0 Å². The first-order chi connectivity index (χ1) is 5.61. The third-order valence-electron chi connectivity index (χ3n) is 1.27. The molecule has 0 aromatic heterocycles. The van der Waals surface area contributed by atoms with Crippen molar-refractivity contribution in [1.29, 1.82) is 0 Å². The van der Waals surface area contributed by atoms with E-state index in [9.17, 15) is 9.59 Å². The SMILES string of the molecule is CC=C(C)C(=O)OC(C)N=C=O. The highest BCUT2D eigenvalue weighted by molar-refractivity contribution is 5.87. The molecule has 0 heterocycles. The number of allylic oxidation sites excluding steroid dienone is 1.